The van der Waals surface area contributed by atoms with Crippen molar-refractivity contribution in [2.75, 3.05) is 14.2 Å². The van der Waals surface area contributed by atoms with Gasteiger partial charge in [-0.05, 0) is 30.2 Å². The summed E-state index contributed by atoms with van der Waals surface area (Å²) in [7, 11) is 3.09. The van der Waals surface area contributed by atoms with Gasteiger partial charge in [-0.15, -0.1) is 0 Å². The van der Waals surface area contributed by atoms with Crippen LogP contribution in [0.1, 0.15) is 29.8 Å². The largest absolute Gasteiger partial charge is 0.497 e. The molecule has 7 nitrogen and oxygen atoms in total. The molecule has 0 spiro atoms. The van der Waals surface area contributed by atoms with Crippen LogP contribution >= 0.6 is 11.6 Å². The van der Waals surface area contributed by atoms with Crippen LogP contribution in [0.15, 0.2) is 47.6 Å². The standard InChI is InChI=1S/C21H24ClN3O4/c1-13(2)19(24-20(26)16-7-5-6-8-17(16)22)21(27)25-23-12-14-9-10-15(28-3)11-18(14)29-4/h5-13,19H,1-4H3,(H,24,26)(H,25,27). The molecule has 154 valence electrons. The molecule has 0 aliphatic carbocycles. The lowest BCUT2D eigenvalue weighted by molar-refractivity contribution is -0.123. The first-order valence-corrected chi connectivity index (χ1v) is 9.35. The predicted octanol–water partition coefficient (Wildman–Crippen LogP) is 3.26. The number of carbonyl (C=O) groups excluding carboxylic acids is 2. The Bertz CT molecular complexity index is 899. The van der Waals surface area contributed by atoms with Crippen LogP contribution in [-0.2, 0) is 4.79 Å². The first kappa shape index (κ1) is 22.2. The fraction of sp³-hybridized carbons (Fsp3) is 0.286. The van der Waals surface area contributed by atoms with Crippen molar-refractivity contribution in [3.63, 3.8) is 0 Å². The third kappa shape index (κ3) is 5.96. The van der Waals surface area contributed by atoms with E-state index in [9.17, 15) is 9.59 Å². The lowest BCUT2D eigenvalue weighted by Crippen LogP contribution is -2.48. The molecule has 0 radical (unpaired) electrons. The van der Waals surface area contributed by atoms with Gasteiger partial charge in [0.05, 0.1) is 31.0 Å². The average Bonchev–Trinajstić information content (AvgIpc) is 2.71. The number of nitrogens with one attached hydrogen (secondary N) is 2. The van der Waals surface area contributed by atoms with Gasteiger partial charge in [-0.2, -0.15) is 5.10 Å². The molecule has 0 bridgehead atoms. The minimum absolute atomic E-state index is 0.160. The number of hydrazone groups is 1. The van der Waals surface area contributed by atoms with Gasteiger partial charge in [0, 0.05) is 11.6 Å². The number of hydrogen-bond donors (Lipinski definition) is 2. The van der Waals surface area contributed by atoms with E-state index in [1.807, 2.05) is 13.8 Å². The molecule has 2 rings (SSSR count). The fourth-order valence-electron chi connectivity index (χ4n) is 2.56. The zero-order valence-corrected chi connectivity index (χ0v) is 17.5. The van der Waals surface area contributed by atoms with Crippen LogP contribution in [0, 0.1) is 5.92 Å². The third-order valence-corrected chi connectivity index (χ3v) is 4.50. The maximum atomic E-state index is 12.6. The van der Waals surface area contributed by atoms with E-state index in [2.05, 4.69) is 15.8 Å². The summed E-state index contributed by atoms with van der Waals surface area (Å²) in [6.07, 6.45) is 1.46. The number of hydrogen-bond acceptors (Lipinski definition) is 5. The van der Waals surface area contributed by atoms with Crippen LogP contribution < -0.4 is 20.2 Å². The lowest BCUT2D eigenvalue weighted by Gasteiger charge is -2.20. The number of halogens is 1. The van der Waals surface area contributed by atoms with E-state index in [0.29, 0.717) is 27.6 Å². The second-order valence-corrected chi connectivity index (χ2v) is 6.92. The minimum atomic E-state index is -0.784. The Hall–Kier alpha value is -3.06. The van der Waals surface area contributed by atoms with E-state index < -0.39 is 17.9 Å². The van der Waals surface area contributed by atoms with E-state index in [1.165, 1.54) is 13.3 Å². The Morgan fingerprint density at radius 1 is 1.10 bits per heavy atom. The van der Waals surface area contributed by atoms with Crippen LogP contribution in [0.3, 0.4) is 0 Å². The molecule has 0 saturated carbocycles. The van der Waals surface area contributed by atoms with E-state index in [1.54, 1.807) is 49.6 Å². The summed E-state index contributed by atoms with van der Waals surface area (Å²) < 4.78 is 10.4. The molecule has 0 aromatic heterocycles. The van der Waals surface area contributed by atoms with Crippen molar-refractivity contribution in [1.29, 1.82) is 0 Å². The summed E-state index contributed by atoms with van der Waals surface area (Å²) in [4.78, 5) is 25.0. The highest BCUT2D eigenvalue weighted by molar-refractivity contribution is 6.33. The van der Waals surface area contributed by atoms with Gasteiger partial charge in [-0.25, -0.2) is 5.43 Å². The Morgan fingerprint density at radius 3 is 2.45 bits per heavy atom. The molecule has 0 aliphatic rings. The molecule has 0 fully saturated rings. The van der Waals surface area contributed by atoms with Crippen LogP contribution in [0.2, 0.25) is 5.02 Å². The van der Waals surface area contributed by atoms with E-state index in [4.69, 9.17) is 21.1 Å². The van der Waals surface area contributed by atoms with Crippen molar-refractivity contribution in [3.05, 3.63) is 58.6 Å². The molecule has 1 atom stereocenters. The SMILES string of the molecule is COc1ccc(C=NNC(=O)C(NC(=O)c2ccccc2Cl)C(C)C)c(OC)c1. The van der Waals surface area contributed by atoms with Crippen molar-refractivity contribution in [3.8, 4) is 11.5 Å². The normalized spacial score (nSPS) is 11.9. The Balaban J connectivity index is 2.07. The lowest BCUT2D eigenvalue weighted by atomic mass is 10.0. The summed E-state index contributed by atoms with van der Waals surface area (Å²) >= 11 is 6.06. The van der Waals surface area contributed by atoms with E-state index in [-0.39, 0.29) is 5.92 Å². The average molecular weight is 418 g/mol. The van der Waals surface area contributed by atoms with Crippen molar-refractivity contribution in [2.45, 2.75) is 19.9 Å². The summed E-state index contributed by atoms with van der Waals surface area (Å²) in [6.45, 7) is 3.65. The first-order valence-electron chi connectivity index (χ1n) is 8.97. The van der Waals surface area contributed by atoms with Crippen LogP contribution in [0.25, 0.3) is 0 Å². The van der Waals surface area contributed by atoms with Crippen molar-refractivity contribution >= 4 is 29.6 Å². The van der Waals surface area contributed by atoms with Gasteiger partial charge in [0.1, 0.15) is 17.5 Å². The topological polar surface area (TPSA) is 89.0 Å². The maximum absolute atomic E-state index is 12.6. The number of amides is 2. The Labute approximate surface area is 175 Å². The van der Waals surface area contributed by atoms with Gasteiger partial charge in [0.2, 0.25) is 0 Å². The first-order chi connectivity index (χ1) is 13.9. The van der Waals surface area contributed by atoms with Gasteiger partial charge < -0.3 is 14.8 Å². The molecular formula is C21H24ClN3O4. The van der Waals surface area contributed by atoms with E-state index >= 15 is 0 Å². The fourth-order valence-corrected chi connectivity index (χ4v) is 2.78. The molecule has 2 amide bonds. The van der Waals surface area contributed by atoms with Gasteiger partial charge in [0.15, 0.2) is 0 Å². The number of benzene rings is 2. The summed E-state index contributed by atoms with van der Waals surface area (Å²) in [5, 5.41) is 7.01. The number of ether oxygens (including phenoxy) is 2. The van der Waals surface area contributed by atoms with Crippen molar-refractivity contribution < 1.29 is 19.1 Å². The molecule has 0 saturated heterocycles. The molecule has 0 aliphatic heterocycles. The van der Waals surface area contributed by atoms with Gasteiger partial charge >= 0.3 is 0 Å². The van der Waals surface area contributed by atoms with Crippen molar-refractivity contribution in [2.24, 2.45) is 11.0 Å². The number of carbonyl (C=O) groups is 2. The number of rotatable bonds is 8. The highest BCUT2D eigenvalue weighted by Gasteiger charge is 2.25. The smallest absolute Gasteiger partial charge is 0.262 e. The predicted molar refractivity (Wildman–Crippen MR) is 113 cm³/mol. The number of methoxy groups -OCH3 is 2. The summed E-state index contributed by atoms with van der Waals surface area (Å²) in [6, 6.07) is 11.1. The van der Waals surface area contributed by atoms with Gasteiger partial charge in [-0.3, -0.25) is 9.59 Å². The highest BCUT2D eigenvalue weighted by Crippen LogP contribution is 2.23. The third-order valence-electron chi connectivity index (χ3n) is 4.17. The van der Waals surface area contributed by atoms with Crippen LogP contribution in [-0.4, -0.2) is 38.3 Å². The zero-order chi connectivity index (χ0) is 21.4. The molecular weight excluding hydrogens is 394 g/mol. The molecule has 2 aromatic rings. The second kappa shape index (κ2) is 10.5. The second-order valence-electron chi connectivity index (χ2n) is 6.52. The van der Waals surface area contributed by atoms with Gasteiger partial charge in [0.25, 0.3) is 11.8 Å². The summed E-state index contributed by atoms with van der Waals surface area (Å²) in [5.41, 5.74) is 3.43. The molecule has 29 heavy (non-hydrogen) atoms. The Morgan fingerprint density at radius 2 is 1.83 bits per heavy atom. The van der Waals surface area contributed by atoms with Crippen LogP contribution in [0.4, 0.5) is 0 Å². The maximum Gasteiger partial charge on any atom is 0.262 e. The molecule has 8 heteroatoms. The molecule has 0 heterocycles. The molecule has 2 N–H and O–H groups in total. The quantitative estimate of drug-likeness (QED) is 0.509. The Kier molecular flexibility index (Phi) is 8.03. The van der Waals surface area contributed by atoms with Crippen molar-refractivity contribution in [1.82, 2.24) is 10.7 Å². The molecule has 2 aromatic carbocycles. The zero-order valence-electron chi connectivity index (χ0n) is 16.7. The van der Waals surface area contributed by atoms with E-state index in [0.717, 1.165) is 0 Å². The number of nitrogens with zero attached hydrogens (tertiary/aromatic N) is 1. The molecule has 1 unspecified atom stereocenters. The highest BCUT2D eigenvalue weighted by atomic mass is 35.5. The van der Waals surface area contributed by atoms with Gasteiger partial charge in [-0.1, -0.05) is 37.6 Å². The summed E-state index contributed by atoms with van der Waals surface area (Å²) in [5.74, 6) is 0.168. The minimum Gasteiger partial charge on any atom is -0.497 e. The monoisotopic (exact) mass is 417 g/mol. The van der Waals surface area contributed by atoms with Crippen LogP contribution in [0.5, 0.6) is 11.5 Å².